The fourth-order valence-corrected chi connectivity index (χ4v) is 3.71. The molecule has 9 heteroatoms. The molecule has 0 N–H and O–H groups in total. The molecule has 0 saturated carbocycles. The first kappa shape index (κ1) is 16.4. The molecule has 0 atom stereocenters. The Bertz CT molecular complexity index is 1220. The molecule has 0 aliphatic rings. The zero-order valence-electron chi connectivity index (χ0n) is 14.4. The van der Waals surface area contributed by atoms with E-state index < -0.39 is 5.97 Å². The fraction of sp³-hybridized carbons (Fsp3) is 0.235. The van der Waals surface area contributed by atoms with Gasteiger partial charge in [0.25, 0.3) is 5.56 Å². The Kier molecular flexibility index (Phi) is 3.80. The van der Waals surface area contributed by atoms with Crippen LogP contribution in [0.4, 0.5) is 0 Å². The van der Waals surface area contributed by atoms with Crippen LogP contribution in [0.1, 0.15) is 27.4 Å². The third kappa shape index (κ3) is 2.66. The Labute approximate surface area is 151 Å². The van der Waals surface area contributed by atoms with Crippen LogP contribution in [0.3, 0.4) is 0 Å². The zero-order valence-corrected chi connectivity index (χ0v) is 15.2. The van der Waals surface area contributed by atoms with Crippen molar-refractivity contribution in [3.63, 3.8) is 0 Å². The van der Waals surface area contributed by atoms with E-state index >= 15 is 0 Å². The molecule has 26 heavy (non-hydrogen) atoms. The van der Waals surface area contributed by atoms with Crippen LogP contribution in [-0.2, 0) is 18.4 Å². The molecule has 0 amide bonds. The summed E-state index contributed by atoms with van der Waals surface area (Å²) >= 11 is 1.37. The zero-order chi connectivity index (χ0) is 18.4. The highest BCUT2D eigenvalue weighted by Crippen LogP contribution is 2.17. The molecule has 0 unspecified atom stereocenters. The van der Waals surface area contributed by atoms with Crippen LogP contribution in [0.15, 0.2) is 28.5 Å². The van der Waals surface area contributed by atoms with E-state index in [4.69, 9.17) is 4.74 Å². The van der Waals surface area contributed by atoms with Crippen LogP contribution in [0.5, 0.6) is 0 Å². The van der Waals surface area contributed by atoms with Crippen molar-refractivity contribution in [2.75, 3.05) is 0 Å². The van der Waals surface area contributed by atoms with Crippen LogP contribution in [-0.4, -0.2) is 30.1 Å². The molecule has 4 aromatic heterocycles. The third-order valence-electron chi connectivity index (χ3n) is 4.08. The number of aryl methyl sites for hydroxylation is 3. The maximum absolute atomic E-state index is 12.3. The molecule has 0 aromatic carbocycles. The Morgan fingerprint density at radius 1 is 1.31 bits per heavy atom. The second-order valence-electron chi connectivity index (χ2n) is 5.96. The average molecular weight is 369 g/mol. The van der Waals surface area contributed by atoms with E-state index in [0.29, 0.717) is 21.9 Å². The predicted molar refractivity (Wildman–Crippen MR) is 96.4 cm³/mol. The molecule has 0 fully saturated rings. The Hall–Kier alpha value is -3.07. The van der Waals surface area contributed by atoms with Crippen LogP contribution < -0.4 is 5.56 Å². The van der Waals surface area contributed by atoms with E-state index in [1.165, 1.54) is 28.0 Å². The SMILES string of the molecule is Cc1nn(C)c2ncc(C(=O)OCc3cc(=O)n4c(C)csc4n3)cc12. The molecule has 8 nitrogen and oxygen atoms in total. The monoisotopic (exact) mass is 369 g/mol. The highest BCUT2D eigenvalue weighted by molar-refractivity contribution is 7.15. The molecule has 0 saturated heterocycles. The first-order valence-electron chi connectivity index (χ1n) is 7.87. The Morgan fingerprint density at radius 2 is 2.12 bits per heavy atom. The van der Waals surface area contributed by atoms with E-state index in [1.54, 1.807) is 17.8 Å². The lowest BCUT2D eigenvalue weighted by atomic mass is 10.2. The summed E-state index contributed by atoms with van der Waals surface area (Å²) in [6, 6.07) is 3.09. The van der Waals surface area contributed by atoms with Crippen LogP contribution in [0.25, 0.3) is 16.0 Å². The number of esters is 1. The molecule has 0 aliphatic carbocycles. The van der Waals surface area contributed by atoms with E-state index in [-0.39, 0.29) is 12.2 Å². The van der Waals surface area contributed by atoms with Gasteiger partial charge < -0.3 is 4.74 Å². The number of rotatable bonds is 3. The quantitative estimate of drug-likeness (QED) is 0.513. The van der Waals surface area contributed by atoms with Crippen molar-refractivity contribution in [1.82, 2.24) is 24.1 Å². The molecular formula is C17H15N5O3S. The van der Waals surface area contributed by atoms with Gasteiger partial charge in [0.1, 0.15) is 6.61 Å². The predicted octanol–water partition coefficient (Wildman–Crippen LogP) is 2.01. The summed E-state index contributed by atoms with van der Waals surface area (Å²) in [7, 11) is 1.80. The lowest BCUT2D eigenvalue weighted by molar-refractivity contribution is 0.0467. The average Bonchev–Trinajstić information content (AvgIpc) is 3.13. The van der Waals surface area contributed by atoms with Gasteiger partial charge in [-0.15, -0.1) is 11.3 Å². The smallest absolute Gasteiger partial charge is 0.340 e. The topological polar surface area (TPSA) is 91.4 Å². The van der Waals surface area contributed by atoms with Gasteiger partial charge >= 0.3 is 5.97 Å². The number of thiazole rings is 1. The van der Waals surface area contributed by atoms with Crippen LogP contribution in [0, 0.1) is 13.8 Å². The van der Waals surface area contributed by atoms with Crippen molar-refractivity contribution in [2.45, 2.75) is 20.5 Å². The maximum atomic E-state index is 12.3. The molecular weight excluding hydrogens is 354 g/mol. The first-order chi connectivity index (χ1) is 12.4. The molecule has 4 rings (SSSR count). The van der Waals surface area contributed by atoms with Crippen molar-refractivity contribution < 1.29 is 9.53 Å². The van der Waals surface area contributed by atoms with Crippen molar-refractivity contribution >= 4 is 33.3 Å². The van der Waals surface area contributed by atoms with Gasteiger partial charge in [-0.05, 0) is 19.9 Å². The van der Waals surface area contributed by atoms with Gasteiger partial charge in [-0.2, -0.15) is 5.10 Å². The fourth-order valence-electron chi connectivity index (χ4n) is 2.82. The second kappa shape index (κ2) is 6.03. The minimum absolute atomic E-state index is 0.0778. The number of pyridine rings is 1. The molecule has 0 aliphatic heterocycles. The normalized spacial score (nSPS) is 11.3. The summed E-state index contributed by atoms with van der Waals surface area (Å²) in [5.74, 6) is -0.521. The van der Waals surface area contributed by atoms with Gasteiger partial charge in [0, 0.05) is 35.8 Å². The number of ether oxygens (including phenoxy) is 1. The molecule has 4 aromatic rings. The van der Waals surface area contributed by atoms with Gasteiger partial charge in [-0.25, -0.2) is 14.8 Å². The minimum Gasteiger partial charge on any atom is -0.456 e. The van der Waals surface area contributed by atoms with Gasteiger partial charge in [0.15, 0.2) is 10.6 Å². The molecule has 0 radical (unpaired) electrons. The largest absolute Gasteiger partial charge is 0.456 e. The van der Waals surface area contributed by atoms with Crippen molar-refractivity contribution in [3.8, 4) is 0 Å². The van der Waals surface area contributed by atoms with Gasteiger partial charge in [-0.1, -0.05) is 0 Å². The standard InChI is InChI=1S/C17H15N5O3S/c1-9-8-26-17-19-12(5-14(23)22(9)17)7-25-16(24)11-4-13-10(2)20-21(3)15(13)18-6-11/h4-6,8H,7H2,1-3H3. The lowest BCUT2D eigenvalue weighted by Crippen LogP contribution is -2.16. The van der Waals surface area contributed by atoms with Crippen LogP contribution >= 0.6 is 11.3 Å². The van der Waals surface area contributed by atoms with E-state index in [0.717, 1.165) is 16.8 Å². The van der Waals surface area contributed by atoms with E-state index in [2.05, 4.69) is 15.1 Å². The van der Waals surface area contributed by atoms with Gasteiger partial charge in [-0.3, -0.25) is 13.9 Å². The van der Waals surface area contributed by atoms with Crippen molar-refractivity contribution in [2.24, 2.45) is 7.05 Å². The number of carbonyl (C=O) groups excluding carboxylic acids is 1. The summed E-state index contributed by atoms with van der Waals surface area (Å²) in [5.41, 5.74) is 2.88. The third-order valence-corrected chi connectivity index (χ3v) is 5.02. The summed E-state index contributed by atoms with van der Waals surface area (Å²) in [6.07, 6.45) is 1.46. The van der Waals surface area contributed by atoms with Gasteiger partial charge in [0.2, 0.25) is 0 Å². The number of fused-ring (bicyclic) bond motifs is 2. The highest BCUT2D eigenvalue weighted by atomic mass is 32.1. The second-order valence-corrected chi connectivity index (χ2v) is 6.80. The first-order valence-corrected chi connectivity index (χ1v) is 8.75. The number of hydrogen-bond donors (Lipinski definition) is 0. The van der Waals surface area contributed by atoms with Crippen molar-refractivity contribution in [3.05, 3.63) is 56.7 Å². The lowest BCUT2D eigenvalue weighted by Gasteiger charge is -2.05. The van der Waals surface area contributed by atoms with Gasteiger partial charge in [0.05, 0.1) is 17.0 Å². The number of aromatic nitrogens is 5. The Balaban J connectivity index is 1.57. The maximum Gasteiger partial charge on any atom is 0.340 e. The summed E-state index contributed by atoms with van der Waals surface area (Å²) in [4.78, 5) is 33.7. The highest BCUT2D eigenvalue weighted by Gasteiger charge is 2.14. The molecule has 4 heterocycles. The summed E-state index contributed by atoms with van der Waals surface area (Å²) < 4.78 is 8.50. The molecule has 132 valence electrons. The van der Waals surface area contributed by atoms with Crippen LogP contribution in [0.2, 0.25) is 0 Å². The minimum atomic E-state index is -0.521. The van der Waals surface area contributed by atoms with E-state index in [9.17, 15) is 9.59 Å². The van der Waals surface area contributed by atoms with Crippen molar-refractivity contribution in [1.29, 1.82) is 0 Å². The summed E-state index contributed by atoms with van der Waals surface area (Å²) in [6.45, 7) is 3.62. The molecule has 0 bridgehead atoms. The number of hydrogen-bond acceptors (Lipinski definition) is 7. The number of nitrogens with zero attached hydrogens (tertiary/aromatic N) is 5. The summed E-state index contributed by atoms with van der Waals surface area (Å²) in [5, 5.41) is 6.94. The Morgan fingerprint density at radius 3 is 2.92 bits per heavy atom. The van der Waals surface area contributed by atoms with E-state index in [1.807, 2.05) is 19.2 Å². The molecule has 0 spiro atoms. The number of carbonyl (C=O) groups is 1.